The van der Waals surface area contributed by atoms with Gasteiger partial charge in [0.25, 0.3) is 0 Å². The standard InChI is InChI=1S/C54H86N6O14/c1-17-32(8)43-41(61)28-42(62)73-46(31(6)7)45(63)33(9)47(64)55-37(25-29(2)3)50(67)60-24-18-19-38(60)51(68)58(14)40(27-35-20-22-36(71-16)23-21-35)52(69)72-34(10)44(49(66)56-43)57-48(65)39(26-30(4)5)59(15)53(70)74-54(11,12)13/h20-23,29-34,37-41,43-44,46,61H,17-19,24-28H2,1-16H3,(H,55,64)(H,56,66)(H,57,65)/t32-,33-,34-,37+,38-,39+,40-,41+,43+,44-,46+/m0/s1. The van der Waals surface area contributed by atoms with Crippen molar-refractivity contribution in [2.24, 2.45) is 29.6 Å². The Bertz CT molecular complexity index is 2120. The van der Waals surface area contributed by atoms with Crippen LogP contribution in [0.25, 0.3) is 0 Å². The van der Waals surface area contributed by atoms with Gasteiger partial charge >= 0.3 is 18.0 Å². The van der Waals surface area contributed by atoms with Crippen molar-refractivity contribution in [2.75, 3.05) is 27.7 Å². The molecule has 3 rings (SSSR count). The molecule has 0 bridgehead atoms. The van der Waals surface area contributed by atoms with E-state index in [1.165, 1.54) is 44.9 Å². The molecule has 11 atom stereocenters. The lowest BCUT2D eigenvalue weighted by atomic mass is 9.91. The van der Waals surface area contributed by atoms with E-state index in [0.29, 0.717) is 24.2 Å². The maximum absolute atomic E-state index is 14.8. The molecule has 1 aromatic carbocycles. The number of nitrogens with zero attached hydrogens (tertiary/aromatic N) is 3. The number of hydrogen-bond donors (Lipinski definition) is 4. The highest BCUT2D eigenvalue weighted by Gasteiger charge is 2.45. The molecule has 416 valence electrons. The molecule has 0 unspecified atom stereocenters. The van der Waals surface area contributed by atoms with Crippen LogP contribution in [-0.4, -0.2) is 161 Å². The molecule has 6 amide bonds. The number of amides is 6. The van der Waals surface area contributed by atoms with Gasteiger partial charge in [-0.05, 0) is 102 Å². The number of cyclic esters (lactones) is 2. The number of benzene rings is 1. The number of ether oxygens (including phenoxy) is 4. The Morgan fingerprint density at radius 1 is 0.905 bits per heavy atom. The van der Waals surface area contributed by atoms with Gasteiger partial charge in [0.1, 0.15) is 47.7 Å². The second kappa shape index (κ2) is 27.7. The molecule has 0 aliphatic carbocycles. The number of hydrogen-bond acceptors (Lipinski definition) is 14. The molecule has 2 heterocycles. The van der Waals surface area contributed by atoms with E-state index in [1.807, 2.05) is 27.7 Å². The third kappa shape index (κ3) is 17.4. The molecule has 20 nitrogen and oxygen atoms in total. The summed E-state index contributed by atoms with van der Waals surface area (Å²) in [6.45, 7) is 22.1. The fraction of sp³-hybridized carbons (Fsp3) is 0.722. The molecule has 2 saturated heterocycles. The first-order valence-corrected chi connectivity index (χ1v) is 26.1. The second-order valence-electron chi connectivity index (χ2n) is 22.2. The van der Waals surface area contributed by atoms with Gasteiger partial charge in [-0.3, -0.25) is 38.5 Å². The lowest BCUT2D eigenvalue weighted by Gasteiger charge is -2.36. The van der Waals surface area contributed by atoms with Gasteiger partial charge in [0.2, 0.25) is 29.5 Å². The molecular formula is C54H86N6O14. The van der Waals surface area contributed by atoms with Crippen molar-refractivity contribution in [3.63, 3.8) is 0 Å². The smallest absolute Gasteiger partial charge is 0.410 e. The van der Waals surface area contributed by atoms with Crippen LogP contribution >= 0.6 is 0 Å². The molecule has 74 heavy (non-hydrogen) atoms. The number of carbonyl (C=O) groups excluding carboxylic acids is 9. The summed E-state index contributed by atoms with van der Waals surface area (Å²) in [4.78, 5) is 132. The molecule has 2 aliphatic rings. The van der Waals surface area contributed by atoms with Crippen LogP contribution in [0.3, 0.4) is 0 Å². The Hall–Kier alpha value is -5.79. The SMILES string of the molecule is CC[C@H](C)[C@H]1NC(=O)[C@@H](NC(=O)[C@@H](CC(C)C)N(C)C(=O)OC(C)(C)C)[C@H](C)OC(=O)[C@H](Cc2ccc(OC)cc2)N(C)C(=O)[C@@H]2CCCN2C(=O)[C@@H](CC(C)C)NC(=O)[C@@H](C)C(=O)[C@@H](C(C)C)OC(=O)C[C@H]1O. The monoisotopic (exact) mass is 1040 g/mol. The summed E-state index contributed by atoms with van der Waals surface area (Å²) in [6.07, 6.45) is -4.89. The van der Waals surface area contributed by atoms with E-state index < -0.39 is 138 Å². The average Bonchev–Trinajstić information content (AvgIpc) is 3.82. The highest BCUT2D eigenvalue weighted by molar-refractivity contribution is 6.05. The van der Waals surface area contributed by atoms with E-state index in [2.05, 4.69) is 16.0 Å². The van der Waals surface area contributed by atoms with Gasteiger partial charge in [-0.2, -0.15) is 0 Å². The molecule has 2 aliphatic heterocycles. The van der Waals surface area contributed by atoms with Gasteiger partial charge in [-0.25, -0.2) is 9.59 Å². The number of Topliss-reactive ketones (excluding diaryl/α,β-unsaturated/α-hetero) is 1. The van der Waals surface area contributed by atoms with Crippen molar-refractivity contribution in [3.05, 3.63) is 29.8 Å². The predicted molar refractivity (Wildman–Crippen MR) is 275 cm³/mol. The van der Waals surface area contributed by atoms with Crippen molar-refractivity contribution in [1.82, 2.24) is 30.7 Å². The number of esters is 2. The topological polar surface area (TPSA) is 257 Å². The number of aliphatic hydroxyl groups is 1. The Balaban J connectivity index is 2.29. The Kier molecular flexibility index (Phi) is 23.4. The van der Waals surface area contributed by atoms with Crippen LogP contribution in [0, 0.1) is 29.6 Å². The summed E-state index contributed by atoms with van der Waals surface area (Å²) in [5, 5.41) is 20.0. The first kappa shape index (κ1) is 62.5. The summed E-state index contributed by atoms with van der Waals surface area (Å²) in [5.74, 6) is -8.70. The van der Waals surface area contributed by atoms with Crippen molar-refractivity contribution in [1.29, 1.82) is 0 Å². The summed E-state index contributed by atoms with van der Waals surface area (Å²) >= 11 is 0. The maximum Gasteiger partial charge on any atom is 0.410 e. The van der Waals surface area contributed by atoms with E-state index >= 15 is 0 Å². The van der Waals surface area contributed by atoms with E-state index in [0.717, 1.165) is 4.90 Å². The number of aliphatic hydroxyl groups excluding tert-OH is 1. The average molecular weight is 1040 g/mol. The summed E-state index contributed by atoms with van der Waals surface area (Å²) in [6, 6.07) is -0.924. The van der Waals surface area contributed by atoms with Crippen LogP contribution in [0.2, 0.25) is 0 Å². The molecular weight excluding hydrogens is 957 g/mol. The number of rotatable bonds is 13. The van der Waals surface area contributed by atoms with Crippen LogP contribution in [0.15, 0.2) is 24.3 Å². The van der Waals surface area contributed by atoms with Crippen LogP contribution in [0.4, 0.5) is 4.79 Å². The molecule has 4 N–H and O–H groups in total. The number of likely N-dealkylation sites (N-methyl/N-ethyl adjacent to an activating group) is 2. The largest absolute Gasteiger partial charge is 0.497 e. The van der Waals surface area contributed by atoms with E-state index in [-0.39, 0.29) is 44.1 Å². The van der Waals surface area contributed by atoms with Gasteiger partial charge in [0.05, 0.1) is 31.6 Å². The zero-order chi connectivity index (χ0) is 56.1. The minimum atomic E-state index is -1.71. The zero-order valence-electron chi connectivity index (χ0n) is 46.6. The number of fused-ring (bicyclic) bond motifs is 1. The van der Waals surface area contributed by atoms with Gasteiger partial charge in [-0.15, -0.1) is 0 Å². The molecule has 0 saturated carbocycles. The van der Waals surface area contributed by atoms with E-state index in [4.69, 9.17) is 18.9 Å². The van der Waals surface area contributed by atoms with Gasteiger partial charge < -0.3 is 49.8 Å². The minimum absolute atomic E-state index is 0.105. The van der Waals surface area contributed by atoms with Gasteiger partial charge in [0.15, 0.2) is 11.9 Å². The number of ketones is 1. The van der Waals surface area contributed by atoms with Crippen molar-refractivity contribution < 1.29 is 67.2 Å². The van der Waals surface area contributed by atoms with Crippen molar-refractivity contribution in [2.45, 2.75) is 195 Å². The molecule has 20 heteroatoms. The van der Waals surface area contributed by atoms with E-state index in [9.17, 15) is 48.3 Å². The highest BCUT2D eigenvalue weighted by atomic mass is 16.6. The maximum atomic E-state index is 14.8. The lowest BCUT2D eigenvalue weighted by molar-refractivity contribution is -0.163. The van der Waals surface area contributed by atoms with Crippen LogP contribution in [-0.2, 0) is 59.0 Å². The lowest BCUT2D eigenvalue weighted by Crippen LogP contribution is -2.61. The third-order valence-corrected chi connectivity index (χ3v) is 13.6. The first-order valence-electron chi connectivity index (χ1n) is 26.1. The third-order valence-electron chi connectivity index (χ3n) is 13.6. The predicted octanol–water partition coefficient (Wildman–Crippen LogP) is 4.35. The Morgan fingerprint density at radius 3 is 2.07 bits per heavy atom. The molecule has 0 radical (unpaired) electrons. The molecule has 1 aromatic rings. The van der Waals surface area contributed by atoms with Crippen LogP contribution in [0.1, 0.15) is 134 Å². The van der Waals surface area contributed by atoms with Crippen LogP contribution < -0.4 is 20.7 Å². The molecule has 2 fully saturated rings. The second-order valence-corrected chi connectivity index (χ2v) is 22.2. The van der Waals surface area contributed by atoms with Crippen LogP contribution in [0.5, 0.6) is 5.75 Å². The first-order chi connectivity index (χ1) is 34.4. The normalized spacial score (nSPS) is 26.4. The van der Waals surface area contributed by atoms with Gasteiger partial charge in [0, 0.05) is 27.1 Å². The van der Waals surface area contributed by atoms with Crippen molar-refractivity contribution in [3.8, 4) is 5.75 Å². The summed E-state index contributed by atoms with van der Waals surface area (Å²) in [7, 11) is 4.30. The van der Waals surface area contributed by atoms with Gasteiger partial charge in [-0.1, -0.05) is 73.9 Å². The van der Waals surface area contributed by atoms with Crippen molar-refractivity contribution >= 4 is 53.4 Å². The fourth-order valence-corrected chi connectivity index (χ4v) is 9.06. The number of nitrogens with one attached hydrogen (secondary N) is 3. The Morgan fingerprint density at radius 2 is 1.53 bits per heavy atom. The number of methoxy groups -OCH3 is 1. The summed E-state index contributed by atoms with van der Waals surface area (Å²) in [5.41, 5.74) is -0.325. The number of carbonyl (C=O) groups is 9. The molecule has 0 spiro atoms. The summed E-state index contributed by atoms with van der Waals surface area (Å²) < 4.78 is 22.8. The quantitative estimate of drug-likeness (QED) is 0.122. The molecule has 0 aromatic heterocycles. The Labute approximate surface area is 438 Å². The fourth-order valence-electron chi connectivity index (χ4n) is 9.06. The minimum Gasteiger partial charge on any atom is -0.497 e. The van der Waals surface area contributed by atoms with E-state index in [1.54, 1.807) is 72.7 Å². The highest BCUT2D eigenvalue weighted by Crippen LogP contribution is 2.26. The zero-order valence-corrected chi connectivity index (χ0v) is 46.6.